The molecule has 1 unspecified atom stereocenters. The van der Waals surface area contributed by atoms with Gasteiger partial charge < -0.3 is 4.55 Å². The lowest BCUT2D eigenvalue weighted by Crippen LogP contribution is -1.92. The van der Waals surface area contributed by atoms with Gasteiger partial charge in [-0.3, -0.25) is 4.21 Å². The highest BCUT2D eigenvalue weighted by molar-refractivity contribution is 14.1. The van der Waals surface area contributed by atoms with Crippen molar-refractivity contribution in [3.05, 3.63) is 16.6 Å². The number of hydrogen-bond acceptors (Lipinski definition) is 4. The van der Waals surface area contributed by atoms with Crippen LogP contribution in [0.1, 0.15) is 5.69 Å². The summed E-state index contributed by atoms with van der Waals surface area (Å²) < 4.78 is 23.8. The molecular weight excluding hydrogens is 299 g/mol. The van der Waals surface area contributed by atoms with Crippen LogP contribution in [0.15, 0.2) is 15.3 Å². The van der Waals surface area contributed by atoms with Crippen LogP contribution in [0.4, 0.5) is 0 Å². The smallest absolute Gasteiger partial charge is 0.137 e. The van der Waals surface area contributed by atoms with Gasteiger partial charge >= 0.3 is 0 Å². The highest BCUT2D eigenvalue weighted by Crippen LogP contribution is 2.08. The fourth-order valence-electron chi connectivity index (χ4n) is 0.427. The van der Waals surface area contributed by atoms with Gasteiger partial charge in [0.1, 0.15) is 9.41 Å². The van der Waals surface area contributed by atoms with Crippen LogP contribution in [0.2, 0.25) is 0 Å². The molecule has 0 fully saturated rings. The van der Waals surface area contributed by atoms with Crippen molar-refractivity contribution in [2.75, 3.05) is 0 Å². The van der Waals surface area contributed by atoms with Gasteiger partial charge in [-0.2, -0.15) is 4.40 Å². The van der Waals surface area contributed by atoms with E-state index in [-0.39, 0.29) is 0 Å². The van der Waals surface area contributed by atoms with Gasteiger partial charge in [-0.15, -0.1) is 11.3 Å². The molecule has 1 atom stereocenters. The van der Waals surface area contributed by atoms with Crippen LogP contribution in [0.5, 0.6) is 0 Å². The van der Waals surface area contributed by atoms with Crippen molar-refractivity contribution in [2.45, 2.75) is 0 Å². The lowest BCUT2D eigenvalue weighted by atomic mass is 10.6. The molecule has 11 heavy (non-hydrogen) atoms. The summed E-state index contributed by atoms with van der Waals surface area (Å²) >= 11 is 0.832. The molecule has 0 saturated heterocycles. The van der Waals surface area contributed by atoms with Crippen LogP contribution in [0.25, 0.3) is 0 Å². The van der Waals surface area contributed by atoms with E-state index >= 15 is 0 Å². The third kappa shape index (κ3) is 2.93. The molecule has 1 aromatic heterocycles. The fraction of sp³-hybridized carbons (Fsp3) is 0. The van der Waals surface area contributed by atoms with Crippen molar-refractivity contribution >= 4 is 48.9 Å². The van der Waals surface area contributed by atoms with Crippen molar-refractivity contribution in [1.29, 1.82) is 0 Å². The quantitative estimate of drug-likeness (QED) is 0.467. The second kappa shape index (κ2) is 4.24. The highest BCUT2D eigenvalue weighted by Gasteiger charge is 1.99. The Kier molecular flexibility index (Phi) is 3.55. The van der Waals surface area contributed by atoms with Crippen LogP contribution in [0, 0.1) is 0 Å². The van der Waals surface area contributed by atoms with E-state index in [4.69, 9.17) is 0 Å². The molecule has 0 radical (unpaired) electrons. The molecule has 4 nitrogen and oxygen atoms in total. The van der Waals surface area contributed by atoms with E-state index < -0.39 is 11.3 Å². The predicted molar refractivity (Wildman–Crippen MR) is 51.6 cm³/mol. The van der Waals surface area contributed by atoms with Crippen molar-refractivity contribution in [3.8, 4) is 0 Å². The van der Waals surface area contributed by atoms with Crippen molar-refractivity contribution in [3.63, 3.8) is 0 Å². The van der Waals surface area contributed by atoms with Crippen LogP contribution in [0.3, 0.4) is 0 Å². The molecule has 0 spiro atoms. The Morgan fingerprint density at radius 2 is 2.64 bits per heavy atom. The maximum Gasteiger partial charge on any atom is 0.137 e. The first kappa shape index (κ1) is 9.23. The lowest BCUT2D eigenvalue weighted by molar-refractivity contribution is 0.539. The Labute approximate surface area is 83.3 Å². The van der Waals surface area contributed by atoms with E-state index in [1.807, 2.05) is 22.6 Å². The summed E-state index contributed by atoms with van der Waals surface area (Å²) in [5.41, 5.74) is 2.22. The number of nitrogens with zero attached hydrogens (tertiary/aromatic N) is 2. The summed E-state index contributed by atoms with van der Waals surface area (Å²) in [6.07, 6.45) is 0. The third-order valence-electron chi connectivity index (χ3n) is 0.798. The van der Waals surface area contributed by atoms with Gasteiger partial charge in [-0.05, 0) is 22.6 Å². The minimum atomic E-state index is -2.39. The topological polar surface area (TPSA) is 65.4 Å². The predicted octanol–water partition coefficient (Wildman–Crippen LogP) is 1.12. The van der Waals surface area contributed by atoms with Crippen LogP contribution in [-0.2, 0) is 11.3 Å². The van der Waals surface area contributed by atoms with Crippen molar-refractivity contribution < 1.29 is 8.76 Å². The summed E-state index contributed by atoms with van der Waals surface area (Å²) in [6, 6.07) is 0. The van der Waals surface area contributed by atoms with Crippen molar-refractivity contribution in [2.24, 2.45) is 4.40 Å². The third-order valence-corrected chi connectivity index (χ3v) is 2.84. The standard InChI is InChI=1S/C4H3IN2O2S2/c5-4(7-11(8)9)3-1-10-2-6-3/h1-2H,(H,8,9)/p-1. The molecule has 0 aliphatic rings. The zero-order chi connectivity index (χ0) is 8.27. The van der Waals surface area contributed by atoms with Gasteiger partial charge in [0.25, 0.3) is 0 Å². The summed E-state index contributed by atoms with van der Waals surface area (Å²) in [4.78, 5) is 3.88. The van der Waals surface area contributed by atoms with Crippen LogP contribution >= 0.6 is 33.9 Å². The van der Waals surface area contributed by atoms with Crippen LogP contribution in [-0.4, -0.2) is 17.5 Å². The molecule has 0 saturated carbocycles. The molecule has 60 valence electrons. The number of rotatable bonds is 2. The first-order valence-corrected chi connectivity index (χ1v) is 5.47. The lowest BCUT2D eigenvalue weighted by Gasteiger charge is -1.96. The van der Waals surface area contributed by atoms with Gasteiger partial charge in [-0.1, -0.05) is 0 Å². The first-order valence-electron chi connectivity index (χ1n) is 2.42. The summed E-state index contributed by atoms with van der Waals surface area (Å²) in [6.45, 7) is 0. The van der Waals surface area contributed by atoms with E-state index in [1.165, 1.54) is 11.3 Å². The Morgan fingerprint density at radius 3 is 3.09 bits per heavy atom. The maximum atomic E-state index is 10.1. The van der Waals surface area contributed by atoms with Gasteiger partial charge in [-0.25, -0.2) is 4.98 Å². The average Bonchev–Trinajstić information content (AvgIpc) is 2.35. The molecule has 0 amide bonds. The Bertz CT molecular complexity index is 284. The summed E-state index contributed by atoms with van der Waals surface area (Å²) in [7, 11) is 0. The minimum absolute atomic E-state index is 0.386. The Morgan fingerprint density at radius 1 is 1.91 bits per heavy atom. The molecule has 0 aliphatic carbocycles. The fourth-order valence-corrected chi connectivity index (χ4v) is 2.18. The molecule has 0 bridgehead atoms. The van der Waals surface area contributed by atoms with Gasteiger partial charge in [0.2, 0.25) is 0 Å². The van der Waals surface area contributed by atoms with E-state index in [1.54, 1.807) is 10.9 Å². The molecular formula is C4H2IN2O2S2-. The van der Waals surface area contributed by atoms with Gasteiger partial charge in [0.15, 0.2) is 0 Å². The largest absolute Gasteiger partial charge is 0.754 e. The first-order chi connectivity index (χ1) is 5.20. The minimum Gasteiger partial charge on any atom is -0.754 e. The van der Waals surface area contributed by atoms with Gasteiger partial charge in [0, 0.05) is 5.38 Å². The molecule has 1 aromatic rings. The molecule has 1 rings (SSSR count). The number of hydrogen-bond donors (Lipinski definition) is 0. The number of halogens is 1. The highest BCUT2D eigenvalue weighted by atomic mass is 127. The second-order valence-electron chi connectivity index (χ2n) is 1.47. The molecule has 7 heteroatoms. The second-order valence-corrected chi connectivity index (χ2v) is 3.83. The van der Waals surface area contributed by atoms with Gasteiger partial charge in [0.05, 0.1) is 16.8 Å². The molecule has 1 heterocycles. The van der Waals surface area contributed by atoms with E-state index in [0.29, 0.717) is 9.41 Å². The Balaban J connectivity index is 2.86. The number of aromatic nitrogens is 1. The van der Waals surface area contributed by atoms with E-state index in [9.17, 15) is 8.76 Å². The maximum absolute atomic E-state index is 10.1. The SMILES string of the molecule is O=S([O-])N=C(I)c1cscn1. The van der Waals surface area contributed by atoms with E-state index in [0.717, 1.165) is 0 Å². The Hall–Kier alpha value is 0.140. The number of thiazole rings is 1. The van der Waals surface area contributed by atoms with E-state index in [2.05, 4.69) is 9.38 Å². The van der Waals surface area contributed by atoms with Crippen LogP contribution < -0.4 is 0 Å². The normalized spacial score (nSPS) is 14.9. The monoisotopic (exact) mass is 301 g/mol. The molecule has 0 aliphatic heterocycles. The summed E-state index contributed by atoms with van der Waals surface area (Å²) in [5.74, 6) is 0. The summed E-state index contributed by atoms with van der Waals surface area (Å²) in [5, 5.41) is 1.73. The molecule has 0 aromatic carbocycles. The van der Waals surface area contributed by atoms with Crippen molar-refractivity contribution in [1.82, 2.24) is 4.98 Å². The zero-order valence-corrected chi connectivity index (χ0v) is 8.85. The zero-order valence-electron chi connectivity index (χ0n) is 5.06. The molecule has 0 N–H and O–H groups in total. The average molecular weight is 301 g/mol.